The second-order valence-electron chi connectivity index (χ2n) is 7.86. The highest BCUT2D eigenvalue weighted by Crippen LogP contribution is 2.26. The molecule has 33 heavy (non-hydrogen) atoms. The van der Waals surface area contributed by atoms with E-state index in [4.69, 9.17) is 9.47 Å². The first-order valence-corrected chi connectivity index (χ1v) is 11.5. The Labute approximate surface area is 202 Å². The zero-order chi connectivity index (χ0) is 23.6. The Morgan fingerprint density at radius 2 is 1.58 bits per heavy atom. The lowest BCUT2D eigenvalue weighted by Crippen LogP contribution is -2.43. The smallest absolute Gasteiger partial charge is 0.276 e. The van der Waals surface area contributed by atoms with Crippen LogP contribution in [-0.2, 0) is 4.79 Å². The predicted molar refractivity (Wildman–Crippen MR) is 132 cm³/mol. The minimum absolute atomic E-state index is 0.225. The van der Waals surface area contributed by atoms with Crippen LogP contribution in [0.1, 0.15) is 30.6 Å². The number of halogens is 1. The monoisotopic (exact) mass is 510 g/mol. The van der Waals surface area contributed by atoms with Gasteiger partial charge in [0.2, 0.25) is 0 Å². The fourth-order valence-electron chi connectivity index (χ4n) is 2.92. The van der Waals surface area contributed by atoms with Crippen molar-refractivity contribution in [3.05, 3.63) is 82.8 Å². The fourth-order valence-corrected chi connectivity index (χ4v) is 3.41. The van der Waals surface area contributed by atoms with Crippen molar-refractivity contribution in [1.82, 2.24) is 10.9 Å². The van der Waals surface area contributed by atoms with E-state index in [9.17, 15) is 9.59 Å². The molecule has 0 atom stereocenters. The summed E-state index contributed by atoms with van der Waals surface area (Å²) in [6, 6.07) is 22.5. The molecular formula is C26H27BrN2O4. The van der Waals surface area contributed by atoms with Crippen LogP contribution < -0.4 is 20.3 Å². The van der Waals surface area contributed by atoms with Gasteiger partial charge in [0.05, 0.1) is 11.1 Å². The van der Waals surface area contributed by atoms with Gasteiger partial charge in [-0.2, -0.15) is 0 Å². The number of amides is 2. The molecule has 0 saturated carbocycles. The van der Waals surface area contributed by atoms with E-state index in [1.807, 2.05) is 42.5 Å². The Hall–Kier alpha value is -3.32. The number of carbonyl (C=O) groups excluding carboxylic acids is 2. The van der Waals surface area contributed by atoms with Gasteiger partial charge in [0, 0.05) is 5.56 Å². The highest BCUT2D eigenvalue weighted by Gasteiger charge is 2.11. The lowest BCUT2D eigenvalue weighted by molar-refractivity contribution is -0.123. The average molecular weight is 511 g/mol. The molecule has 2 N–H and O–H groups in total. The zero-order valence-electron chi connectivity index (χ0n) is 18.6. The molecular weight excluding hydrogens is 484 g/mol. The van der Waals surface area contributed by atoms with Crippen LogP contribution in [0, 0.1) is 5.92 Å². The number of benzene rings is 3. The van der Waals surface area contributed by atoms with Crippen molar-refractivity contribution in [2.75, 3.05) is 13.2 Å². The van der Waals surface area contributed by atoms with Crippen LogP contribution in [0.25, 0.3) is 11.1 Å². The second kappa shape index (κ2) is 12.1. The molecule has 3 aromatic carbocycles. The van der Waals surface area contributed by atoms with Crippen LogP contribution in [0.3, 0.4) is 0 Å². The molecule has 7 heteroatoms. The normalized spacial score (nSPS) is 10.5. The summed E-state index contributed by atoms with van der Waals surface area (Å²) in [5, 5.41) is 0. The van der Waals surface area contributed by atoms with Crippen molar-refractivity contribution in [2.24, 2.45) is 5.92 Å². The Kier molecular flexibility index (Phi) is 8.89. The number of hydrogen-bond donors (Lipinski definition) is 2. The largest absolute Gasteiger partial charge is 0.492 e. The van der Waals surface area contributed by atoms with E-state index in [2.05, 4.69) is 40.6 Å². The van der Waals surface area contributed by atoms with Gasteiger partial charge in [-0.05, 0) is 69.7 Å². The first-order chi connectivity index (χ1) is 15.9. The van der Waals surface area contributed by atoms with E-state index in [0.717, 1.165) is 17.5 Å². The highest BCUT2D eigenvalue weighted by atomic mass is 79.9. The minimum atomic E-state index is -0.469. The van der Waals surface area contributed by atoms with Gasteiger partial charge in [-0.3, -0.25) is 20.4 Å². The summed E-state index contributed by atoms with van der Waals surface area (Å²) in [7, 11) is 0. The molecule has 2 amide bonds. The molecule has 6 nitrogen and oxygen atoms in total. The summed E-state index contributed by atoms with van der Waals surface area (Å²) < 4.78 is 11.9. The molecule has 0 bridgehead atoms. The molecule has 172 valence electrons. The third-order valence-electron chi connectivity index (χ3n) is 4.79. The van der Waals surface area contributed by atoms with Crippen molar-refractivity contribution in [1.29, 1.82) is 0 Å². The summed E-state index contributed by atoms with van der Waals surface area (Å²) in [6.07, 6.45) is 0.944. The third kappa shape index (κ3) is 7.64. The fraction of sp³-hybridized carbons (Fsp3) is 0.231. The number of nitrogens with one attached hydrogen (secondary N) is 2. The number of rotatable bonds is 9. The van der Waals surface area contributed by atoms with Gasteiger partial charge in [-0.1, -0.05) is 56.3 Å². The standard InChI is InChI=1S/C26H27BrN2O4/c1-18(2)14-15-32-24-13-10-21(16-23(24)27)26(31)29-28-25(30)17-33-22-11-8-20(9-12-22)19-6-4-3-5-7-19/h3-13,16,18H,14-15,17H2,1-2H3,(H,28,30)(H,29,31). The Bertz CT molecular complexity index is 1070. The topological polar surface area (TPSA) is 76.7 Å². The molecule has 0 aliphatic rings. The van der Waals surface area contributed by atoms with E-state index in [0.29, 0.717) is 34.1 Å². The van der Waals surface area contributed by atoms with Crippen molar-refractivity contribution < 1.29 is 19.1 Å². The Morgan fingerprint density at radius 1 is 0.879 bits per heavy atom. The van der Waals surface area contributed by atoms with Crippen LogP contribution in [0.2, 0.25) is 0 Å². The SMILES string of the molecule is CC(C)CCOc1ccc(C(=O)NNC(=O)COc2ccc(-c3ccccc3)cc2)cc1Br. The van der Waals surface area contributed by atoms with E-state index in [1.54, 1.807) is 30.3 Å². The van der Waals surface area contributed by atoms with Gasteiger partial charge in [-0.15, -0.1) is 0 Å². The van der Waals surface area contributed by atoms with E-state index >= 15 is 0 Å². The van der Waals surface area contributed by atoms with Gasteiger partial charge in [0.1, 0.15) is 11.5 Å². The zero-order valence-corrected chi connectivity index (χ0v) is 20.2. The molecule has 0 fully saturated rings. The molecule has 0 heterocycles. The first kappa shape index (κ1) is 24.3. The average Bonchev–Trinajstić information content (AvgIpc) is 2.83. The molecule has 0 aliphatic carbocycles. The predicted octanol–water partition coefficient (Wildman–Crippen LogP) is 5.38. The van der Waals surface area contributed by atoms with E-state index in [1.165, 1.54) is 0 Å². The summed E-state index contributed by atoms with van der Waals surface area (Å²) >= 11 is 3.42. The molecule has 0 saturated heterocycles. The van der Waals surface area contributed by atoms with Gasteiger partial charge >= 0.3 is 0 Å². The van der Waals surface area contributed by atoms with Crippen molar-refractivity contribution in [3.8, 4) is 22.6 Å². The molecule has 0 spiro atoms. The maximum Gasteiger partial charge on any atom is 0.276 e. The van der Waals surface area contributed by atoms with Gasteiger partial charge in [-0.25, -0.2) is 0 Å². The molecule has 3 aromatic rings. The number of hydrazine groups is 1. The van der Waals surface area contributed by atoms with E-state index < -0.39 is 11.8 Å². The summed E-state index contributed by atoms with van der Waals surface area (Å²) in [5.41, 5.74) is 7.30. The van der Waals surface area contributed by atoms with Crippen LogP contribution >= 0.6 is 15.9 Å². The second-order valence-corrected chi connectivity index (χ2v) is 8.71. The van der Waals surface area contributed by atoms with Crippen LogP contribution in [0.5, 0.6) is 11.5 Å². The lowest BCUT2D eigenvalue weighted by Gasteiger charge is -2.12. The Morgan fingerprint density at radius 3 is 2.24 bits per heavy atom. The molecule has 0 aromatic heterocycles. The summed E-state index contributed by atoms with van der Waals surface area (Å²) in [5.74, 6) is 0.874. The molecule has 0 radical (unpaired) electrons. The highest BCUT2D eigenvalue weighted by molar-refractivity contribution is 9.10. The van der Waals surface area contributed by atoms with Gasteiger partial charge in [0.15, 0.2) is 6.61 Å². The van der Waals surface area contributed by atoms with Crippen LogP contribution in [0.15, 0.2) is 77.3 Å². The first-order valence-electron chi connectivity index (χ1n) is 10.7. The maximum atomic E-state index is 12.3. The molecule has 0 aliphatic heterocycles. The van der Waals surface area contributed by atoms with Gasteiger partial charge < -0.3 is 9.47 Å². The van der Waals surface area contributed by atoms with Crippen molar-refractivity contribution in [3.63, 3.8) is 0 Å². The third-order valence-corrected chi connectivity index (χ3v) is 5.41. The summed E-state index contributed by atoms with van der Waals surface area (Å²) in [6.45, 7) is 4.64. The molecule has 0 unspecified atom stereocenters. The molecule has 3 rings (SSSR count). The minimum Gasteiger partial charge on any atom is -0.492 e. The Balaban J connectivity index is 1.44. The van der Waals surface area contributed by atoms with Crippen LogP contribution in [-0.4, -0.2) is 25.0 Å². The van der Waals surface area contributed by atoms with Gasteiger partial charge in [0.25, 0.3) is 11.8 Å². The quantitative estimate of drug-likeness (QED) is 0.378. The number of ether oxygens (including phenoxy) is 2. The maximum absolute atomic E-state index is 12.3. The van der Waals surface area contributed by atoms with Crippen LogP contribution in [0.4, 0.5) is 0 Å². The number of carbonyl (C=O) groups is 2. The van der Waals surface area contributed by atoms with Crippen molar-refractivity contribution >= 4 is 27.7 Å². The lowest BCUT2D eigenvalue weighted by atomic mass is 10.1. The number of hydrogen-bond acceptors (Lipinski definition) is 4. The summed E-state index contributed by atoms with van der Waals surface area (Å²) in [4.78, 5) is 24.4. The van der Waals surface area contributed by atoms with E-state index in [-0.39, 0.29) is 6.61 Å². The van der Waals surface area contributed by atoms with Crippen molar-refractivity contribution in [2.45, 2.75) is 20.3 Å².